The molecule has 2 unspecified atom stereocenters. The molecule has 6 heteroatoms. The van der Waals surface area contributed by atoms with Crippen molar-refractivity contribution in [2.45, 2.75) is 18.6 Å². The van der Waals surface area contributed by atoms with Crippen LogP contribution in [0.25, 0.3) is 10.4 Å². The first-order valence-corrected chi connectivity index (χ1v) is 5.10. The van der Waals surface area contributed by atoms with Crippen LogP contribution in [0.2, 0.25) is 0 Å². The van der Waals surface area contributed by atoms with Gasteiger partial charge in [-0.25, -0.2) is 0 Å². The van der Waals surface area contributed by atoms with E-state index in [1.54, 1.807) is 14.2 Å². The fraction of sp³-hybridized carbons (Fsp3) is 1.00. The molecule has 0 aromatic rings. The van der Waals surface area contributed by atoms with Crippen LogP contribution in [0.1, 0.15) is 6.42 Å². The molecule has 0 aromatic carbocycles. The Labute approximate surface area is 89.8 Å². The molecule has 1 heterocycles. The Morgan fingerprint density at radius 2 is 1.93 bits per heavy atom. The Morgan fingerprint density at radius 3 is 2.40 bits per heavy atom. The standard InChI is InChI=1S/C9H18N4O2/c1-14-8-6-13(7-9(8)15-2)5-3-4-11-12-10/h8-9H,3-7H2,1-2H3. The summed E-state index contributed by atoms with van der Waals surface area (Å²) in [5.74, 6) is 0. The maximum absolute atomic E-state index is 8.12. The third-order valence-corrected chi connectivity index (χ3v) is 2.69. The van der Waals surface area contributed by atoms with Crippen molar-refractivity contribution in [3.8, 4) is 0 Å². The van der Waals surface area contributed by atoms with Gasteiger partial charge in [-0.1, -0.05) is 5.11 Å². The molecule has 0 aromatic heterocycles. The van der Waals surface area contributed by atoms with Gasteiger partial charge < -0.3 is 9.47 Å². The molecule has 0 amide bonds. The largest absolute Gasteiger partial charge is 0.377 e. The first-order chi connectivity index (χ1) is 7.31. The van der Waals surface area contributed by atoms with Gasteiger partial charge in [-0.15, -0.1) is 0 Å². The summed E-state index contributed by atoms with van der Waals surface area (Å²) in [4.78, 5) is 4.99. The molecule has 0 saturated carbocycles. The Hall–Kier alpha value is -0.810. The highest BCUT2D eigenvalue weighted by atomic mass is 16.5. The summed E-state index contributed by atoms with van der Waals surface area (Å²) in [6.45, 7) is 3.28. The minimum atomic E-state index is 0.162. The molecule has 0 aliphatic carbocycles. The summed E-state index contributed by atoms with van der Waals surface area (Å²) in [5.41, 5.74) is 8.12. The van der Waals surface area contributed by atoms with Gasteiger partial charge in [0.15, 0.2) is 0 Å². The summed E-state index contributed by atoms with van der Waals surface area (Å²) in [6, 6.07) is 0. The van der Waals surface area contributed by atoms with Crippen molar-refractivity contribution < 1.29 is 9.47 Å². The Morgan fingerprint density at radius 1 is 1.33 bits per heavy atom. The van der Waals surface area contributed by atoms with Crippen molar-refractivity contribution in [1.82, 2.24) is 4.90 Å². The van der Waals surface area contributed by atoms with Crippen LogP contribution < -0.4 is 0 Å². The number of ether oxygens (including phenoxy) is 2. The highest BCUT2D eigenvalue weighted by molar-refractivity contribution is 4.85. The summed E-state index contributed by atoms with van der Waals surface area (Å²) >= 11 is 0. The van der Waals surface area contributed by atoms with Gasteiger partial charge in [-0.05, 0) is 18.5 Å². The van der Waals surface area contributed by atoms with Gasteiger partial charge in [0.1, 0.15) is 0 Å². The van der Waals surface area contributed by atoms with E-state index in [1.165, 1.54) is 0 Å². The number of hydrogen-bond donors (Lipinski definition) is 0. The average molecular weight is 214 g/mol. The molecule has 0 bridgehead atoms. The molecular formula is C9H18N4O2. The van der Waals surface area contributed by atoms with Crippen molar-refractivity contribution in [2.24, 2.45) is 5.11 Å². The summed E-state index contributed by atoms with van der Waals surface area (Å²) in [5, 5.41) is 3.50. The van der Waals surface area contributed by atoms with Gasteiger partial charge in [0.25, 0.3) is 0 Å². The van der Waals surface area contributed by atoms with Crippen molar-refractivity contribution in [3.63, 3.8) is 0 Å². The molecule has 1 saturated heterocycles. The lowest BCUT2D eigenvalue weighted by molar-refractivity contribution is -0.00461. The highest BCUT2D eigenvalue weighted by Crippen LogP contribution is 2.15. The molecule has 1 aliphatic heterocycles. The van der Waals surface area contributed by atoms with Crippen molar-refractivity contribution in [1.29, 1.82) is 0 Å². The van der Waals surface area contributed by atoms with Crippen LogP contribution >= 0.6 is 0 Å². The number of azide groups is 1. The fourth-order valence-corrected chi connectivity index (χ4v) is 1.86. The third-order valence-electron chi connectivity index (χ3n) is 2.69. The second-order valence-electron chi connectivity index (χ2n) is 3.62. The lowest BCUT2D eigenvalue weighted by Crippen LogP contribution is -2.27. The van der Waals surface area contributed by atoms with E-state index >= 15 is 0 Å². The van der Waals surface area contributed by atoms with E-state index in [1.807, 2.05) is 0 Å². The molecule has 1 aliphatic rings. The zero-order chi connectivity index (χ0) is 11.1. The number of nitrogens with zero attached hydrogens (tertiary/aromatic N) is 4. The zero-order valence-electron chi connectivity index (χ0n) is 9.30. The highest BCUT2D eigenvalue weighted by Gasteiger charge is 2.32. The second kappa shape index (κ2) is 6.63. The van der Waals surface area contributed by atoms with Crippen LogP contribution in [-0.4, -0.2) is 57.5 Å². The first kappa shape index (κ1) is 12.3. The van der Waals surface area contributed by atoms with E-state index < -0.39 is 0 Å². The monoisotopic (exact) mass is 214 g/mol. The maximum Gasteiger partial charge on any atom is 0.0971 e. The average Bonchev–Trinajstić information content (AvgIpc) is 2.67. The molecule has 86 valence electrons. The minimum Gasteiger partial charge on any atom is -0.377 e. The molecule has 1 fully saturated rings. The summed E-state index contributed by atoms with van der Waals surface area (Å²) in [7, 11) is 3.42. The topological polar surface area (TPSA) is 70.5 Å². The summed E-state index contributed by atoms with van der Waals surface area (Å²) in [6.07, 6.45) is 1.21. The molecule has 0 N–H and O–H groups in total. The van der Waals surface area contributed by atoms with Gasteiger partial charge in [-0.3, -0.25) is 4.90 Å². The van der Waals surface area contributed by atoms with Gasteiger partial charge in [0.2, 0.25) is 0 Å². The maximum atomic E-state index is 8.12. The predicted molar refractivity (Wildman–Crippen MR) is 56.7 cm³/mol. The van der Waals surface area contributed by atoms with E-state index in [4.69, 9.17) is 15.0 Å². The Bertz CT molecular complexity index is 218. The Kier molecular flexibility index (Phi) is 5.42. The van der Waals surface area contributed by atoms with Crippen molar-refractivity contribution in [3.05, 3.63) is 10.4 Å². The van der Waals surface area contributed by atoms with Gasteiger partial charge in [-0.2, -0.15) is 0 Å². The van der Waals surface area contributed by atoms with Crippen molar-refractivity contribution in [2.75, 3.05) is 40.4 Å². The molecule has 15 heavy (non-hydrogen) atoms. The van der Waals surface area contributed by atoms with Gasteiger partial charge >= 0.3 is 0 Å². The normalized spacial score (nSPS) is 26.5. The van der Waals surface area contributed by atoms with E-state index in [0.717, 1.165) is 26.1 Å². The first-order valence-electron chi connectivity index (χ1n) is 5.10. The fourth-order valence-electron chi connectivity index (χ4n) is 1.86. The zero-order valence-corrected chi connectivity index (χ0v) is 9.30. The lowest BCUT2D eigenvalue weighted by atomic mass is 10.3. The molecule has 0 radical (unpaired) electrons. The molecule has 1 rings (SSSR count). The number of methoxy groups -OCH3 is 2. The Balaban J connectivity index is 2.24. The quantitative estimate of drug-likeness (QED) is 0.287. The van der Waals surface area contributed by atoms with E-state index in [2.05, 4.69) is 14.9 Å². The molecule has 2 atom stereocenters. The van der Waals surface area contributed by atoms with Crippen LogP contribution in [0.3, 0.4) is 0 Å². The van der Waals surface area contributed by atoms with Crippen LogP contribution in [-0.2, 0) is 9.47 Å². The number of hydrogen-bond acceptors (Lipinski definition) is 4. The molecule has 0 spiro atoms. The number of rotatable bonds is 6. The molecular weight excluding hydrogens is 196 g/mol. The lowest BCUT2D eigenvalue weighted by Gasteiger charge is -2.13. The minimum absolute atomic E-state index is 0.162. The SMILES string of the molecule is COC1CN(CCCN=[N+]=[N-])CC1OC. The summed E-state index contributed by atoms with van der Waals surface area (Å²) < 4.78 is 10.6. The van der Waals surface area contributed by atoms with Crippen LogP contribution in [0.4, 0.5) is 0 Å². The van der Waals surface area contributed by atoms with Crippen LogP contribution in [0, 0.1) is 0 Å². The van der Waals surface area contributed by atoms with Crippen LogP contribution in [0.5, 0.6) is 0 Å². The van der Waals surface area contributed by atoms with Crippen molar-refractivity contribution >= 4 is 0 Å². The predicted octanol–water partition coefficient (Wildman–Crippen LogP) is 1.03. The van der Waals surface area contributed by atoms with Gasteiger partial charge in [0.05, 0.1) is 12.2 Å². The smallest absolute Gasteiger partial charge is 0.0971 e. The third kappa shape index (κ3) is 3.68. The number of likely N-dealkylation sites (tertiary alicyclic amines) is 1. The van der Waals surface area contributed by atoms with E-state index in [-0.39, 0.29) is 12.2 Å². The molecule has 6 nitrogen and oxygen atoms in total. The van der Waals surface area contributed by atoms with E-state index in [9.17, 15) is 0 Å². The van der Waals surface area contributed by atoms with Crippen LogP contribution in [0.15, 0.2) is 5.11 Å². The second-order valence-corrected chi connectivity index (χ2v) is 3.62. The van der Waals surface area contributed by atoms with E-state index in [0.29, 0.717) is 6.54 Å². The van der Waals surface area contributed by atoms with Gasteiger partial charge in [0, 0.05) is 38.8 Å².